The fraction of sp³-hybridized carbons (Fsp3) is 0.0667. The van der Waals surface area contributed by atoms with Crippen molar-refractivity contribution in [1.82, 2.24) is 4.98 Å². The number of fused-ring (bicyclic) bond motifs is 3. The average molecular weight is 207 g/mol. The van der Waals surface area contributed by atoms with Crippen LogP contribution in [-0.4, -0.2) is 4.98 Å². The lowest BCUT2D eigenvalue weighted by Crippen LogP contribution is -1.79. The summed E-state index contributed by atoms with van der Waals surface area (Å²) in [6.45, 7) is 3.77. The maximum Gasteiger partial charge on any atom is 0.0467 e. The van der Waals surface area contributed by atoms with Gasteiger partial charge in [0.25, 0.3) is 0 Å². The number of nitrogens with one attached hydrogen (secondary N) is 1. The standard InChI is InChI=1S/C15H13N/c1-2-5-11-8-9-13-12-6-3-4-7-14(12)16-15(13)10-11/h2-4,6-10,16H,1,5H2. The molecule has 0 saturated carbocycles. The zero-order valence-electron chi connectivity index (χ0n) is 9.03. The molecule has 3 rings (SSSR count). The van der Waals surface area contributed by atoms with Gasteiger partial charge in [-0.05, 0) is 24.1 Å². The fourth-order valence-electron chi connectivity index (χ4n) is 2.20. The first-order valence-corrected chi connectivity index (χ1v) is 5.49. The van der Waals surface area contributed by atoms with Crippen molar-refractivity contribution in [3.05, 3.63) is 60.7 Å². The van der Waals surface area contributed by atoms with Gasteiger partial charge in [0.1, 0.15) is 0 Å². The van der Waals surface area contributed by atoms with E-state index in [0.717, 1.165) is 6.42 Å². The number of aromatic amines is 1. The molecule has 78 valence electrons. The van der Waals surface area contributed by atoms with Gasteiger partial charge in [-0.1, -0.05) is 36.4 Å². The van der Waals surface area contributed by atoms with Gasteiger partial charge in [0.2, 0.25) is 0 Å². The zero-order chi connectivity index (χ0) is 11.0. The lowest BCUT2D eigenvalue weighted by Gasteiger charge is -1.96. The van der Waals surface area contributed by atoms with E-state index in [2.05, 4.69) is 54.0 Å². The van der Waals surface area contributed by atoms with Gasteiger partial charge in [-0.25, -0.2) is 0 Å². The van der Waals surface area contributed by atoms with Crippen molar-refractivity contribution in [2.75, 3.05) is 0 Å². The first-order valence-electron chi connectivity index (χ1n) is 5.49. The Balaban J connectivity index is 2.32. The van der Waals surface area contributed by atoms with Crippen molar-refractivity contribution in [2.24, 2.45) is 0 Å². The number of H-pyrrole nitrogens is 1. The summed E-state index contributed by atoms with van der Waals surface area (Å²) in [6, 6.07) is 15.0. The molecule has 0 aliphatic heterocycles. The SMILES string of the molecule is C=CCc1ccc2c(c1)[nH]c1ccccc12. The third-order valence-electron chi connectivity index (χ3n) is 2.95. The summed E-state index contributed by atoms with van der Waals surface area (Å²) in [5, 5.41) is 2.59. The molecule has 0 aliphatic rings. The van der Waals surface area contributed by atoms with Crippen LogP contribution in [0.1, 0.15) is 5.56 Å². The molecule has 0 radical (unpaired) electrons. The molecule has 0 atom stereocenters. The highest BCUT2D eigenvalue weighted by Crippen LogP contribution is 2.25. The largest absolute Gasteiger partial charge is 0.355 e. The Hall–Kier alpha value is -2.02. The predicted molar refractivity (Wildman–Crippen MR) is 69.7 cm³/mol. The average Bonchev–Trinajstić information content (AvgIpc) is 2.67. The van der Waals surface area contributed by atoms with E-state index in [1.165, 1.54) is 27.4 Å². The third-order valence-corrected chi connectivity index (χ3v) is 2.95. The molecule has 1 heterocycles. The monoisotopic (exact) mass is 207 g/mol. The number of allylic oxidation sites excluding steroid dienone is 1. The quantitative estimate of drug-likeness (QED) is 0.610. The van der Waals surface area contributed by atoms with E-state index in [4.69, 9.17) is 0 Å². The van der Waals surface area contributed by atoms with Crippen LogP contribution in [0, 0.1) is 0 Å². The molecule has 0 amide bonds. The Morgan fingerprint density at radius 1 is 1.00 bits per heavy atom. The van der Waals surface area contributed by atoms with Gasteiger partial charge in [0.15, 0.2) is 0 Å². The molecule has 0 aliphatic carbocycles. The minimum Gasteiger partial charge on any atom is -0.355 e. The van der Waals surface area contributed by atoms with Crippen molar-refractivity contribution < 1.29 is 0 Å². The highest BCUT2D eigenvalue weighted by molar-refractivity contribution is 6.07. The van der Waals surface area contributed by atoms with E-state index in [9.17, 15) is 0 Å². The Bertz CT molecular complexity index is 661. The third kappa shape index (κ3) is 1.33. The molecule has 1 N–H and O–H groups in total. The van der Waals surface area contributed by atoms with Crippen molar-refractivity contribution in [2.45, 2.75) is 6.42 Å². The van der Waals surface area contributed by atoms with Crippen LogP contribution in [0.4, 0.5) is 0 Å². The molecule has 0 fully saturated rings. The van der Waals surface area contributed by atoms with Crippen molar-refractivity contribution in [3.8, 4) is 0 Å². The summed E-state index contributed by atoms with van der Waals surface area (Å²) in [4.78, 5) is 3.44. The Labute approximate surface area is 94.4 Å². The van der Waals surface area contributed by atoms with Crippen LogP contribution in [0.2, 0.25) is 0 Å². The maximum atomic E-state index is 3.77. The van der Waals surface area contributed by atoms with E-state index < -0.39 is 0 Å². The molecular weight excluding hydrogens is 194 g/mol. The van der Waals surface area contributed by atoms with Gasteiger partial charge < -0.3 is 4.98 Å². The van der Waals surface area contributed by atoms with Gasteiger partial charge in [-0.3, -0.25) is 0 Å². The van der Waals surface area contributed by atoms with Crippen LogP contribution in [0.5, 0.6) is 0 Å². The number of para-hydroxylation sites is 1. The number of hydrogen-bond donors (Lipinski definition) is 1. The van der Waals surface area contributed by atoms with Crippen LogP contribution >= 0.6 is 0 Å². The highest BCUT2D eigenvalue weighted by atomic mass is 14.7. The highest BCUT2D eigenvalue weighted by Gasteiger charge is 2.03. The molecule has 0 unspecified atom stereocenters. The van der Waals surface area contributed by atoms with E-state index >= 15 is 0 Å². The van der Waals surface area contributed by atoms with Crippen LogP contribution in [0.25, 0.3) is 21.8 Å². The normalized spacial score (nSPS) is 11.0. The smallest absolute Gasteiger partial charge is 0.0467 e. The van der Waals surface area contributed by atoms with E-state index in [1.807, 2.05) is 6.08 Å². The first kappa shape index (κ1) is 9.22. The number of aromatic nitrogens is 1. The molecule has 0 bridgehead atoms. The van der Waals surface area contributed by atoms with Crippen molar-refractivity contribution in [3.63, 3.8) is 0 Å². The van der Waals surface area contributed by atoms with Crippen LogP contribution in [0.3, 0.4) is 0 Å². The van der Waals surface area contributed by atoms with Gasteiger partial charge in [-0.2, -0.15) is 0 Å². The van der Waals surface area contributed by atoms with Crippen LogP contribution in [0.15, 0.2) is 55.1 Å². The minimum absolute atomic E-state index is 0.922. The Morgan fingerprint density at radius 2 is 1.81 bits per heavy atom. The molecule has 1 heteroatoms. The van der Waals surface area contributed by atoms with E-state index in [-0.39, 0.29) is 0 Å². The molecule has 16 heavy (non-hydrogen) atoms. The van der Waals surface area contributed by atoms with E-state index in [0.29, 0.717) is 0 Å². The molecule has 0 spiro atoms. The van der Waals surface area contributed by atoms with Gasteiger partial charge >= 0.3 is 0 Å². The second-order valence-corrected chi connectivity index (χ2v) is 4.04. The summed E-state index contributed by atoms with van der Waals surface area (Å²) in [5.41, 5.74) is 3.71. The summed E-state index contributed by atoms with van der Waals surface area (Å²) >= 11 is 0. The van der Waals surface area contributed by atoms with Crippen LogP contribution in [-0.2, 0) is 6.42 Å². The topological polar surface area (TPSA) is 15.8 Å². The molecule has 3 aromatic rings. The molecule has 0 saturated heterocycles. The van der Waals surface area contributed by atoms with Crippen molar-refractivity contribution >= 4 is 21.8 Å². The predicted octanol–water partition coefficient (Wildman–Crippen LogP) is 4.05. The van der Waals surface area contributed by atoms with Gasteiger partial charge in [0, 0.05) is 21.8 Å². The lowest BCUT2D eigenvalue weighted by molar-refractivity contribution is 1.29. The summed E-state index contributed by atoms with van der Waals surface area (Å²) in [6.07, 6.45) is 2.86. The maximum absolute atomic E-state index is 3.77. The van der Waals surface area contributed by atoms with E-state index in [1.54, 1.807) is 0 Å². The van der Waals surface area contributed by atoms with Gasteiger partial charge in [0.05, 0.1) is 0 Å². The first-order chi connectivity index (χ1) is 7.88. The number of rotatable bonds is 2. The Morgan fingerprint density at radius 3 is 2.69 bits per heavy atom. The van der Waals surface area contributed by atoms with Gasteiger partial charge in [-0.15, -0.1) is 6.58 Å². The lowest BCUT2D eigenvalue weighted by atomic mass is 10.1. The molecule has 1 aromatic heterocycles. The molecule has 2 aromatic carbocycles. The second kappa shape index (κ2) is 3.53. The Kier molecular flexibility index (Phi) is 2.03. The van der Waals surface area contributed by atoms with Crippen LogP contribution < -0.4 is 0 Å². The summed E-state index contributed by atoms with van der Waals surface area (Å²) in [7, 11) is 0. The molecule has 1 nitrogen and oxygen atoms in total. The minimum atomic E-state index is 0.922. The second-order valence-electron chi connectivity index (χ2n) is 4.04. The zero-order valence-corrected chi connectivity index (χ0v) is 9.03. The molecular formula is C15H13N. The fourth-order valence-corrected chi connectivity index (χ4v) is 2.20. The summed E-state index contributed by atoms with van der Waals surface area (Å²) < 4.78 is 0. The number of benzene rings is 2. The number of hydrogen-bond acceptors (Lipinski definition) is 0. The summed E-state index contributed by atoms with van der Waals surface area (Å²) in [5.74, 6) is 0. The van der Waals surface area contributed by atoms with Crippen molar-refractivity contribution in [1.29, 1.82) is 0 Å².